The molecule has 0 aliphatic rings. The van der Waals surface area contributed by atoms with E-state index >= 15 is 0 Å². The number of nitrogens with zero attached hydrogens (tertiary/aromatic N) is 5. The lowest BCUT2D eigenvalue weighted by Gasteiger charge is -2.06. The molecule has 1 aromatic carbocycles. The van der Waals surface area contributed by atoms with E-state index in [0.29, 0.717) is 11.5 Å². The number of benzene rings is 1. The van der Waals surface area contributed by atoms with E-state index in [1.807, 2.05) is 18.2 Å². The SMILES string of the molecule is CCn1c(-c2snnc2C(C)C)nc2cc(C#N)ccc21. The third-order valence-electron chi connectivity index (χ3n) is 3.46. The first kappa shape index (κ1) is 13.7. The van der Waals surface area contributed by atoms with Gasteiger partial charge in [-0.2, -0.15) is 5.26 Å². The van der Waals surface area contributed by atoms with Crippen LogP contribution in [0.4, 0.5) is 0 Å². The Morgan fingerprint density at radius 1 is 1.38 bits per heavy atom. The number of nitriles is 1. The Balaban J connectivity index is 2.27. The Kier molecular flexibility index (Phi) is 3.43. The lowest BCUT2D eigenvalue weighted by Crippen LogP contribution is -1.99. The minimum Gasteiger partial charge on any atom is -0.323 e. The Hall–Kier alpha value is -2.26. The molecule has 0 N–H and O–H groups in total. The van der Waals surface area contributed by atoms with Crippen LogP contribution in [0.1, 0.15) is 37.9 Å². The van der Waals surface area contributed by atoms with Crippen LogP contribution in [0.25, 0.3) is 21.7 Å². The summed E-state index contributed by atoms with van der Waals surface area (Å²) in [6.07, 6.45) is 0. The van der Waals surface area contributed by atoms with Gasteiger partial charge in [0.15, 0.2) is 5.82 Å². The van der Waals surface area contributed by atoms with Gasteiger partial charge in [0, 0.05) is 6.54 Å². The van der Waals surface area contributed by atoms with Crippen molar-refractivity contribution in [3.05, 3.63) is 29.5 Å². The molecule has 6 heteroatoms. The lowest BCUT2D eigenvalue weighted by atomic mass is 10.1. The molecule has 3 aromatic rings. The molecule has 0 spiro atoms. The highest BCUT2D eigenvalue weighted by molar-refractivity contribution is 7.09. The maximum Gasteiger partial charge on any atom is 0.154 e. The standard InChI is InChI=1S/C15H15N5S/c1-4-20-12-6-5-10(8-16)7-11(12)17-15(20)14-13(9(2)3)18-19-21-14/h5-7,9H,4H2,1-3H3. The van der Waals surface area contributed by atoms with Crippen molar-refractivity contribution in [2.45, 2.75) is 33.2 Å². The fourth-order valence-electron chi connectivity index (χ4n) is 2.42. The van der Waals surface area contributed by atoms with Crippen LogP contribution in [0.5, 0.6) is 0 Å². The Bertz CT molecular complexity index is 837. The monoisotopic (exact) mass is 297 g/mol. The molecule has 0 aliphatic carbocycles. The fraction of sp³-hybridized carbons (Fsp3) is 0.333. The zero-order chi connectivity index (χ0) is 15.0. The zero-order valence-electron chi connectivity index (χ0n) is 12.2. The smallest absolute Gasteiger partial charge is 0.154 e. The van der Waals surface area contributed by atoms with Crippen molar-refractivity contribution in [3.63, 3.8) is 0 Å². The molecule has 2 aromatic heterocycles. The second-order valence-electron chi connectivity index (χ2n) is 5.14. The minimum atomic E-state index is 0.304. The van der Waals surface area contributed by atoms with Gasteiger partial charge in [-0.05, 0) is 42.6 Å². The van der Waals surface area contributed by atoms with E-state index in [2.05, 4.69) is 41.0 Å². The van der Waals surface area contributed by atoms with Gasteiger partial charge in [0.1, 0.15) is 4.88 Å². The molecule has 0 saturated heterocycles. The summed E-state index contributed by atoms with van der Waals surface area (Å²) in [6.45, 7) is 7.11. The van der Waals surface area contributed by atoms with Gasteiger partial charge < -0.3 is 4.57 Å². The highest BCUT2D eigenvalue weighted by Gasteiger charge is 2.20. The maximum atomic E-state index is 9.03. The van der Waals surface area contributed by atoms with Gasteiger partial charge in [-0.3, -0.25) is 0 Å². The Morgan fingerprint density at radius 2 is 2.19 bits per heavy atom. The Morgan fingerprint density at radius 3 is 2.86 bits per heavy atom. The average molecular weight is 297 g/mol. The summed E-state index contributed by atoms with van der Waals surface area (Å²) in [5.74, 6) is 1.19. The molecule has 0 saturated carbocycles. The van der Waals surface area contributed by atoms with Crippen molar-refractivity contribution in [1.82, 2.24) is 19.1 Å². The molecule has 21 heavy (non-hydrogen) atoms. The summed E-state index contributed by atoms with van der Waals surface area (Å²) in [6, 6.07) is 7.77. The largest absolute Gasteiger partial charge is 0.323 e. The molecule has 0 bridgehead atoms. The molecule has 0 atom stereocenters. The molecule has 0 amide bonds. The topological polar surface area (TPSA) is 67.4 Å². The van der Waals surface area contributed by atoms with Crippen LogP contribution in [0, 0.1) is 11.3 Å². The molecule has 0 radical (unpaired) electrons. The van der Waals surface area contributed by atoms with Crippen LogP contribution in [0.15, 0.2) is 18.2 Å². The third kappa shape index (κ3) is 2.20. The number of aromatic nitrogens is 4. The quantitative estimate of drug-likeness (QED) is 0.741. The van der Waals surface area contributed by atoms with Gasteiger partial charge in [-0.1, -0.05) is 18.3 Å². The van der Waals surface area contributed by atoms with Crippen molar-refractivity contribution < 1.29 is 0 Å². The Labute approximate surface area is 127 Å². The van der Waals surface area contributed by atoms with Gasteiger partial charge in [-0.25, -0.2) is 4.98 Å². The van der Waals surface area contributed by atoms with Gasteiger partial charge >= 0.3 is 0 Å². The first-order valence-corrected chi connectivity index (χ1v) is 7.66. The van der Waals surface area contributed by atoms with E-state index in [9.17, 15) is 0 Å². The molecule has 0 unspecified atom stereocenters. The molecule has 3 rings (SSSR count). The zero-order valence-corrected chi connectivity index (χ0v) is 13.0. The summed E-state index contributed by atoms with van der Waals surface area (Å²) in [4.78, 5) is 5.74. The van der Waals surface area contributed by atoms with Crippen LogP contribution in [-0.2, 0) is 6.54 Å². The number of rotatable bonds is 3. The summed E-state index contributed by atoms with van der Waals surface area (Å²) >= 11 is 1.38. The van der Waals surface area contributed by atoms with Gasteiger partial charge in [0.25, 0.3) is 0 Å². The summed E-state index contributed by atoms with van der Waals surface area (Å²) in [5.41, 5.74) is 3.48. The summed E-state index contributed by atoms with van der Waals surface area (Å²) < 4.78 is 6.24. The maximum absolute atomic E-state index is 9.03. The molecular formula is C15H15N5S. The first-order valence-electron chi connectivity index (χ1n) is 6.88. The normalized spacial score (nSPS) is 11.2. The van der Waals surface area contributed by atoms with Gasteiger partial charge in [0.2, 0.25) is 0 Å². The van der Waals surface area contributed by atoms with Gasteiger partial charge in [-0.15, -0.1) is 5.10 Å². The number of fused-ring (bicyclic) bond motifs is 1. The van der Waals surface area contributed by atoms with E-state index in [0.717, 1.165) is 34.0 Å². The van der Waals surface area contributed by atoms with E-state index in [1.165, 1.54) is 11.5 Å². The number of hydrogen-bond acceptors (Lipinski definition) is 5. The molecule has 5 nitrogen and oxygen atoms in total. The van der Waals surface area contributed by atoms with Crippen LogP contribution >= 0.6 is 11.5 Å². The van der Waals surface area contributed by atoms with Gasteiger partial charge in [0.05, 0.1) is 28.4 Å². The van der Waals surface area contributed by atoms with Crippen molar-refractivity contribution in [2.75, 3.05) is 0 Å². The predicted octanol–water partition coefficient (Wildman–Crippen LogP) is 3.57. The van der Waals surface area contributed by atoms with Crippen molar-refractivity contribution in [3.8, 4) is 16.8 Å². The van der Waals surface area contributed by atoms with Crippen LogP contribution < -0.4 is 0 Å². The third-order valence-corrected chi connectivity index (χ3v) is 4.19. The molecular weight excluding hydrogens is 282 g/mol. The summed E-state index contributed by atoms with van der Waals surface area (Å²) in [5, 5.41) is 13.3. The number of imidazole rings is 1. The lowest BCUT2D eigenvalue weighted by molar-refractivity contribution is 0.784. The predicted molar refractivity (Wildman–Crippen MR) is 83.1 cm³/mol. The number of aryl methyl sites for hydroxylation is 1. The minimum absolute atomic E-state index is 0.304. The van der Waals surface area contributed by atoms with Crippen LogP contribution in [0.2, 0.25) is 0 Å². The average Bonchev–Trinajstić information content (AvgIpc) is 3.09. The van der Waals surface area contributed by atoms with E-state index in [4.69, 9.17) is 10.2 Å². The molecule has 106 valence electrons. The van der Waals surface area contributed by atoms with E-state index in [-0.39, 0.29) is 0 Å². The second-order valence-corrected chi connectivity index (χ2v) is 5.89. The molecule has 2 heterocycles. The highest BCUT2D eigenvalue weighted by atomic mass is 32.1. The summed E-state index contributed by atoms with van der Waals surface area (Å²) in [7, 11) is 0. The fourth-order valence-corrected chi connectivity index (χ4v) is 3.24. The molecule has 0 aliphatic heterocycles. The second kappa shape index (κ2) is 5.26. The van der Waals surface area contributed by atoms with Crippen LogP contribution in [0.3, 0.4) is 0 Å². The van der Waals surface area contributed by atoms with Crippen molar-refractivity contribution >= 4 is 22.6 Å². The first-order chi connectivity index (χ1) is 10.2. The van der Waals surface area contributed by atoms with E-state index in [1.54, 1.807) is 0 Å². The number of hydrogen-bond donors (Lipinski definition) is 0. The van der Waals surface area contributed by atoms with Crippen molar-refractivity contribution in [1.29, 1.82) is 5.26 Å². The van der Waals surface area contributed by atoms with Crippen LogP contribution in [-0.4, -0.2) is 19.1 Å². The molecule has 0 fully saturated rings. The highest BCUT2D eigenvalue weighted by Crippen LogP contribution is 2.32. The van der Waals surface area contributed by atoms with Crippen molar-refractivity contribution in [2.24, 2.45) is 0 Å². The van der Waals surface area contributed by atoms with E-state index < -0.39 is 0 Å².